The van der Waals surface area contributed by atoms with Gasteiger partial charge in [-0.1, -0.05) is 38.0 Å². The molecule has 7 heteroatoms. The van der Waals surface area contributed by atoms with Crippen LogP contribution in [0.3, 0.4) is 0 Å². The summed E-state index contributed by atoms with van der Waals surface area (Å²) in [6.45, 7) is 6.61. The summed E-state index contributed by atoms with van der Waals surface area (Å²) in [5.74, 6) is 5.38. The Balaban J connectivity index is 1.52. The van der Waals surface area contributed by atoms with Crippen LogP contribution in [0.15, 0.2) is 30.3 Å². The molecular weight excluding hydrogens is 406 g/mol. The van der Waals surface area contributed by atoms with Crippen molar-refractivity contribution < 1.29 is 19.1 Å². The molecule has 172 valence electrons. The van der Waals surface area contributed by atoms with Crippen LogP contribution in [0.4, 0.5) is 4.79 Å². The summed E-state index contributed by atoms with van der Waals surface area (Å²) < 4.78 is 4.85. The lowest BCUT2D eigenvalue weighted by Gasteiger charge is -2.38. The van der Waals surface area contributed by atoms with E-state index in [1.54, 1.807) is 9.80 Å². The quantitative estimate of drug-likeness (QED) is 0.578. The van der Waals surface area contributed by atoms with Crippen LogP contribution >= 0.6 is 0 Å². The minimum atomic E-state index is -0.633. The van der Waals surface area contributed by atoms with Crippen molar-refractivity contribution in [1.29, 1.82) is 0 Å². The average molecular weight is 440 g/mol. The number of benzene rings is 1. The van der Waals surface area contributed by atoms with Gasteiger partial charge in [-0.25, -0.2) is 9.59 Å². The third kappa shape index (κ3) is 6.03. The number of amides is 3. The lowest BCUT2D eigenvalue weighted by Crippen LogP contribution is -2.49. The number of piperidine rings is 1. The van der Waals surface area contributed by atoms with E-state index in [9.17, 15) is 14.4 Å². The molecule has 0 bridgehead atoms. The Labute approximate surface area is 190 Å². The summed E-state index contributed by atoms with van der Waals surface area (Å²) in [6, 6.07) is 8.64. The van der Waals surface area contributed by atoms with Gasteiger partial charge in [0.15, 0.2) is 0 Å². The summed E-state index contributed by atoms with van der Waals surface area (Å²) >= 11 is 0. The molecule has 0 aliphatic carbocycles. The van der Waals surface area contributed by atoms with Crippen LogP contribution in [0.5, 0.6) is 0 Å². The van der Waals surface area contributed by atoms with Crippen molar-refractivity contribution >= 4 is 17.9 Å². The van der Waals surface area contributed by atoms with Gasteiger partial charge in [0.25, 0.3) is 5.91 Å². The number of methoxy groups -OCH3 is 1. The number of hydrogen-bond acceptors (Lipinski definition) is 4. The van der Waals surface area contributed by atoms with Gasteiger partial charge >= 0.3 is 12.0 Å². The summed E-state index contributed by atoms with van der Waals surface area (Å²) in [7, 11) is 1.34. The van der Waals surface area contributed by atoms with E-state index in [4.69, 9.17) is 4.74 Å². The van der Waals surface area contributed by atoms with Crippen LogP contribution in [0, 0.1) is 23.2 Å². The molecule has 1 unspecified atom stereocenters. The van der Waals surface area contributed by atoms with E-state index in [1.807, 2.05) is 44.2 Å². The van der Waals surface area contributed by atoms with E-state index < -0.39 is 12.0 Å². The molecule has 3 rings (SSSR count). The molecule has 0 aromatic heterocycles. The normalized spacial score (nSPS) is 18.1. The highest BCUT2D eigenvalue weighted by Crippen LogP contribution is 2.40. The van der Waals surface area contributed by atoms with E-state index in [0.29, 0.717) is 32.6 Å². The van der Waals surface area contributed by atoms with Crippen molar-refractivity contribution in [1.82, 2.24) is 15.1 Å². The van der Waals surface area contributed by atoms with E-state index in [2.05, 4.69) is 17.2 Å². The number of nitrogens with one attached hydrogen (secondary N) is 1. The first kappa shape index (κ1) is 23.6. The van der Waals surface area contributed by atoms with Crippen LogP contribution in [0.25, 0.3) is 0 Å². The van der Waals surface area contributed by atoms with Gasteiger partial charge in [0.2, 0.25) is 0 Å². The number of urea groups is 1. The van der Waals surface area contributed by atoms with Crippen molar-refractivity contribution in [3.63, 3.8) is 0 Å². The Kier molecular flexibility index (Phi) is 7.79. The van der Waals surface area contributed by atoms with Gasteiger partial charge in [0.05, 0.1) is 7.11 Å². The number of carbonyl (C=O) groups excluding carboxylic acids is 3. The maximum Gasteiger partial charge on any atom is 0.328 e. The molecule has 2 aliphatic rings. The highest BCUT2D eigenvalue weighted by atomic mass is 16.5. The molecule has 1 spiro atoms. The first-order chi connectivity index (χ1) is 15.3. The van der Waals surface area contributed by atoms with Crippen LogP contribution in [-0.2, 0) is 14.3 Å². The molecule has 1 atom stereocenters. The van der Waals surface area contributed by atoms with Crippen LogP contribution in [-0.4, -0.2) is 67.0 Å². The zero-order valence-corrected chi connectivity index (χ0v) is 19.2. The number of rotatable bonds is 4. The van der Waals surface area contributed by atoms with Crippen molar-refractivity contribution in [2.45, 2.75) is 45.6 Å². The molecule has 2 aliphatic heterocycles. The second-order valence-corrected chi connectivity index (χ2v) is 9.23. The number of esters is 1. The fourth-order valence-corrected chi connectivity index (χ4v) is 4.49. The summed E-state index contributed by atoms with van der Waals surface area (Å²) in [5, 5.41) is 2.85. The largest absolute Gasteiger partial charge is 0.467 e. The summed E-state index contributed by atoms with van der Waals surface area (Å²) in [6.07, 6.45) is 3.15. The lowest BCUT2D eigenvalue weighted by molar-refractivity contribution is -0.143. The smallest absolute Gasteiger partial charge is 0.328 e. The second kappa shape index (κ2) is 10.5. The maximum atomic E-state index is 12.8. The first-order valence-corrected chi connectivity index (χ1v) is 11.3. The molecular formula is C25H33N3O4. The van der Waals surface area contributed by atoms with Crippen LogP contribution in [0.1, 0.15) is 45.1 Å². The molecule has 32 heavy (non-hydrogen) atoms. The molecule has 1 N–H and O–H groups in total. The third-order valence-corrected chi connectivity index (χ3v) is 6.41. The minimum Gasteiger partial charge on any atom is -0.467 e. The summed E-state index contributed by atoms with van der Waals surface area (Å²) in [5.41, 5.74) is 0.856. The van der Waals surface area contributed by atoms with Gasteiger partial charge in [-0.15, -0.1) is 0 Å². The van der Waals surface area contributed by atoms with Crippen molar-refractivity contribution in [2.75, 3.05) is 33.3 Å². The topological polar surface area (TPSA) is 79.0 Å². The van der Waals surface area contributed by atoms with Crippen LogP contribution < -0.4 is 5.32 Å². The Bertz CT molecular complexity index is 879. The molecule has 7 nitrogen and oxygen atoms in total. The van der Waals surface area contributed by atoms with Gasteiger partial charge in [-0.2, -0.15) is 0 Å². The molecule has 0 radical (unpaired) electrons. The fourth-order valence-electron chi connectivity index (χ4n) is 4.49. The molecule has 1 aromatic rings. The van der Waals surface area contributed by atoms with E-state index in [1.165, 1.54) is 7.11 Å². The van der Waals surface area contributed by atoms with Gasteiger partial charge in [0.1, 0.15) is 6.04 Å². The average Bonchev–Trinajstić information content (AvgIpc) is 3.21. The van der Waals surface area contributed by atoms with E-state index in [0.717, 1.165) is 24.8 Å². The second-order valence-electron chi connectivity index (χ2n) is 9.23. The number of carbonyl (C=O) groups is 3. The molecule has 2 saturated heterocycles. The Morgan fingerprint density at radius 3 is 2.28 bits per heavy atom. The van der Waals surface area contributed by atoms with Gasteiger partial charge in [0, 0.05) is 37.7 Å². The van der Waals surface area contributed by atoms with Crippen LogP contribution in [0.2, 0.25) is 0 Å². The summed E-state index contributed by atoms with van der Waals surface area (Å²) in [4.78, 5) is 40.9. The molecule has 2 heterocycles. The van der Waals surface area contributed by atoms with Gasteiger partial charge in [-0.05, 0) is 49.1 Å². The molecule has 0 saturated carbocycles. The zero-order chi connectivity index (χ0) is 23.1. The third-order valence-electron chi connectivity index (χ3n) is 6.41. The number of hydrogen-bond donors (Lipinski definition) is 1. The fraction of sp³-hybridized carbons (Fsp3) is 0.560. The highest BCUT2D eigenvalue weighted by Gasteiger charge is 2.43. The Morgan fingerprint density at radius 1 is 1.06 bits per heavy atom. The Morgan fingerprint density at radius 2 is 1.69 bits per heavy atom. The highest BCUT2D eigenvalue weighted by molar-refractivity contribution is 5.94. The predicted molar refractivity (Wildman–Crippen MR) is 122 cm³/mol. The number of ether oxygens (including phenoxy) is 1. The minimum absolute atomic E-state index is 0.0276. The molecule has 3 amide bonds. The monoisotopic (exact) mass is 439 g/mol. The first-order valence-electron chi connectivity index (χ1n) is 11.3. The van der Waals surface area contributed by atoms with Gasteiger partial charge in [-0.3, -0.25) is 4.79 Å². The zero-order valence-electron chi connectivity index (χ0n) is 19.2. The lowest BCUT2D eigenvalue weighted by atomic mass is 9.78. The number of nitrogens with zero attached hydrogens (tertiary/aromatic N) is 2. The van der Waals surface area contributed by atoms with Crippen molar-refractivity contribution in [2.24, 2.45) is 11.3 Å². The SMILES string of the molecule is COC(=O)C(CC(C)C)NC(=O)N1CCC2(CCN(C(=O)C#Cc3ccccc3)CC2)C1. The van der Waals surface area contributed by atoms with Crippen molar-refractivity contribution in [3.05, 3.63) is 35.9 Å². The van der Waals surface area contributed by atoms with Gasteiger partial charge < -0.3 is 19.9 Å². The standard InChI is InChI=1S/C25H33N3O4/c1-19(2)17-21(23(30)32-3)26-24(31)28-16-13-25(18-28)11-14-27(15-12-25)22(29)10-9-20-7-5-4-6-8-20/h4-8,19,21H,11-18H2,1-3H3,(H,26,31). The molecule has 2 fully saturated rings. The maximum absolute atomic E-state index is 12.8. The van der Waals surface area contributed by atoms with E-state index in [-0.39, 0.29) is 23.3 Å². The predicted octanol–water partition coefficient (Wildman–Crippen LogP) is 2.65. The van der Waals surface area contributed by atoms with E-state index >= 15 is 0 Å². The van der Waals surface area contributed by atoms with Crippen molar-refractivity contribution in [3.8, 4) is 11.8 Å². The number of likely N-dealkylation sites (tertiary alicyclic amines) is 2. The Hall–Kier alpha value is -3.01. The molecule has 1 aromatic carbocycles.